The lowest BCUT2D eigenvalue weighted by atomic mass is 9.89. The number of nitrogens with one attached hydrogen (secondary N) is 1. The fourth-order valence-corrected chi connectivity index (χ4v) is 3.64. The van der Waals surface area contributed by atoms with E-state index in [1.165, 1.54) is 6.42 Å². The van der Waals surface area contributed by atoms with E-state index in [-0.39, 0.29) is 11.8 Å². The number of fused-ring (bicyclic) bond motifs is 1. The van der Waals surface area contributed by atoms with Crippen LogP contribution in [0.4, 0.5) is 0 Å². The molecule has 5 heteroatoms. The number of hydrogen-bond acceptors (Lipinski definition) is 3. The molecule has 2 saturated carbocycles. The lowest BCUT2D eigenvalue weighted by Crippen LogP contribution is -2.58. The quantitative estimate of drug-likeness (QED) is 0.779. The van der Waals surface area contributed by atoms with Crippen molar-refractivity contribution < 1.29 is 19.4 Å². The van der Waals surface area contributed by atoms with Gasteiger partial charge in [-0.25, -0.2) is 4.79 Å². The summed E-state index contributed by atoms with van der Waals surface area (Å²) in [4.78, 5) is 23.6. The molecule has 3 aliphatic rings. The molecule has 100 valence electrons. The predicted molar refractivity (Wildman–Crippen MR) is 62.9 cm³/mol. The minimum Gasteiger partial charge on any atom is -0.480 e. The molecule has 0 aromatic carbocycles. The van der Waals surface area contributed by atoms with E-state index in [0.29, 0.717) is 37.9 Å². The van der Waals surface area contributed by atoms with Gasteiger partial charge in [0, 0.05) is 32.0 Å². The van der Waals surface area contributed by atoms with Crippen molar-refractivity contribution >= 4 is 11.9 Å². The van der Waals surface area contributed by atoms with Crippen LogP contribution in [0.25, 0.3) is 0 Å². The molecule has 1 saturated heterocycles. The highest BCUT2D eigenvalue weighted by Gasteiger charge is 2.58. The number of carboxylic acid groups (broad SMARTS) is 1. The van der Waals surface area contributed by atoms with Crippen molar-refractivity contribution in [2.24, 2.45) is 17.8 Å². The normalized spacial score (nSPS) is 36.8. The summed E-state index contributed by atoms with van der Waals surface area (Å²) in [5.74, 6) is 0.156. The molecular weight excluding hydrogens is 234 g/mol. The van der Waals surface area contributed by atoms with Crippen molar-refractivity contribution in [3.8, 4) is 0 Å². The monoisotopic (exact) mass is 253 g/mol. The molecule has 0 bridgehead atoms. The molecule has 2 aliphatic carbocycles. The third kappa shape index (κ3) is 1.81. The van der Waals surface area contributed by atoms with Crippen LogP contribution in [-0.4, -0.2) is 35.7 Å². The van der Waals surface area contributed by atoms with Gasteiger partial charge in [0.25, 0.3) is 0 Å². The number of amides is 1. The Labute approximate surface area is 106 Å². The van der Waals surface area contributed by atoms with Crippen LogP contribution in [0.1, 0.15) is 32.1 Å². The maximum Gasteiger partial charge on any atom is 0.329 e. The van der Waals surface area contributed by atoms with Crippen LogP contribution in [0.3, 0.4) is 0 Å². The average molecular weight is 253 g/mol. The maximum atomic E-state index is 12.2. The molecule has 18 heavy (non-hydrogen) atoms. The number of carbonyl (C=O) groups is 2. The van der Waals surface area contributed by atoms with Crippen molar-refractivity contribution in [3.63, 3.8) is 0 Å². The fraction of sp³-hybridized carbons (Fsp3) is 0.846. The van der Waals surface area contributed by atoms with Gasteiger partial charge in [-0.1, -0.05) is 6.42 Å². The van der Waals surface area contributed by atoms with Crippen LogP contribution < -0.4 is 5.32 Å². The summed E-state index contributed by atoms with van der Waals surface area (Å²) < 4.78 is 5.19. The molecule has 5 nitrogen and oxygen atoms in total. The highest BCUT2D eigenvalue weighted by molar-refractivity contribution is 5.90. The summed E-state index contributed by atoms with van der Waals surface area (Å²) in [5.41, 5.74) is -1.09. The summed E-state index contributed by atoms with van der Waals surface area (Å²) in [6.07, 6.45) is 4.22. The molecule has 0 aromatic rings. The fourth-order valence-electron chi connectivity index (χ4n) is 3.64. The Morgan fingerprint density at radius 2 is 1.78 bits per heavy atom. The Kier molecular flexibility index (Phi) is 2.81. The first-order chi connectivity index (χ1) is 8.64. The summed E-state index contributed by atoms with van der Waals surface area (Å²) in [6, 6.07) is 0. The Bertz CT molecular complexity index is 365. The van der Waals surface area contributed by atoms with Gasteiger partial charge in [-0.05, 0) is 24.7 Å². The van der Waals surface area contributed by atoms with Gasteiger partial charge in [-0.15, -0.1) is 0 Å². The predicted octanol–water partition coefficient (Wildman–Crippen LogP) is 0.782. The zero-order chi connectivity index (χ0) is 12.8. The second-order valence-electron chi connectivity index (χ2n) is 5.77. The number of aliphatic carboxylic acids is 1. The van der Waals surface area contributed by atoms with Gasteiger partial charge in [-0.2, -0.15) is 0 Å². The van der Waals surface area contributed by atoms with E-state index in [9.17, 15) is 14.7 Å². The third-order valence-corrected chi connectivity index (χ3v) is 4.83. The van der Waals surface area contributed by atoms with Gasteiger partial charge in [0.05, 0.1) is 0 Å². The van der Waals surface area contributed by atoms with Gasteiger partial charge in [0.2, 0.25) is 5.91 Å². The van der Waals surface area contributed by atoms with Crippen LogP contribution in [-0.2, 0) is 14.3 Å². The molecular formula is C13H19NO4. The van der Waals surface area contributed by atoms with Gasteiger partial charge < -0.3 is 15.2 Å². The first-order valence-electron chi connectivity index (χ1n) is 6.77. The zero-order valence-electron chi connectivity index (χ0n) is 10.4. The Hall–Kier alpha value is -1.10. The van der Waals surface area contributed by atoms with Gasteiger partial charge in [0.15, 0.2) is 0 Å². The number of rotatable bonds is 3. The standard InChI is InChI=1S/C13H19NO4/c15-11(10-8-2-1-3-9(8)10)14-13(12(16)17)4-6-18-7-5-13/h8-10H,1-7H2,(H,14,15)(H,16,17). The Balaban J connectivity index is 1.66. The highest BCUT2D eigenvalue weighted by Crippen LogP contribution is 2.57. The van der Waals surface area contributed by atoms with Gasteiger partial charge in [0.1, 0.15) is 5.54 Å². The van der Waals surface area contributed by atoms with E-state index in [1.54, 1.807) is 0 Å². The third-order valence-electron chi connectivity index (χ3n) is 4.83. The molecule has 0 aromatic heterocycles. The van der Waals surface area contributed by atoms with Crippen LogP contribution in [0.2, 0.25) is 0 Å². The zero-order valence-corrected chi connectivity index (χ0v) is 10.4. The lowest BCUT2D eigenvalue weighted by molar-refractivity contribution is -0.152. The first kappa shape index (κ1) is 12.0. The second kappa shape index (κ2) is 4.23. The van der Waals surface area contributed by atoms with Gasteiger partial charge >= 0.3 is 5.97 Å². The second-order valence-corrected chi connectivity index (χ2v) is 5.77. The molecule has 2 atom stereocenters. The van der Waals surface area contributed by atoms with Gasteiger partial charge in [-0.3, -0.25) is 4.79 Å². The number of ether oxygens (including phenoxy) is 1. The molecule has 3 fully saturated rings. The van der Waals surface area contributed by atoms with Crippen molar-refractivity contribution in [1.29, 1.82) is 0 Å². The Morgan fingerprint density at radius 3 is 2.33 bits per heavy atom. The molecule has 1 aliphatic heterocycles. The van der Waals surface area contributed by atoms with Crippen LogP contribution in [0.15, 0.2) is 0 Å². The van der Waals surface area contributed by atoms with E-state index in [1.807, 2.05) is 0 Å². The lowest BCUT2D eigenvalue weighted by Gasteiger charge is -2.34. The smallest absolute Gasteiger partial charge is 0.329 e. The van der Waals surface area contributed by atoms with E-state index >= 15 is 0 Å². The number of hydrogen-bond donors (Lipinski definition) is 2. The van der Waals surface area contributed by atoms with Crippen molar-refractivity contribution in [3.05, 3.63) is 0 Å². The maximum absolute atomic E-state index is 12.2. The van der Waals surface area contributed by atoms with Crippen molar-refractivity contribution in [1.82, 2.24) is 5.32 Å². The van der Waals surface area contributed by atoms with Crippen LogP contribution >= 0.6 is 0 Å². The molecule has 2 N–H and O–H groups in total. The minimum atomic E-state index is -1.09. The topological polar surface area (TPSA) is 75.6 Å². The molecule has 1 amide bonds. The summed E-state index contributed by atoms with van der Waals surface area (Å²) >= 11 is 0. The summed E-state index contributed by atoms with van der Waals surface area (Å²) in [7, 11) is 0. The first-order valence-corrected chi connectivity index (χ1v) is 6.77. The summed E-state index contributed by atoms with van der Waals surface area (Å²) in [6.45, 7) is 0.814. The van der Waals surface area contributed by atoms with Crippen LogP contribution in [0, 0.1) is 17.8 Å². The SMILES string of the molecule is O=C(NC1(C(=O)O)CCOCC1)C1C2CCCC21. The average Bonchev–Trinajstić information content (AvgIpc) is 2.85. The van der Waals surface area contributed by atoms with Crippen molar-refractivity contribution in [2.75, 3.05) is 13.2 Å². The van der Waals surface area contributed by atoms with Crippen molar-refractivity contribution in [2.45, 2.75) is 37.6 Å². The van der Waals surface area contributed by atoms with E-state index in [2.05, 4.69) is 5.32 Å². The molecule has 1 heterocycles. The van der Waals surface area contributed by atoms with E-state index in [4.69, 9.17) is 4.74 Å². The molecule has 2 unspecified atom stereocenters. The number of carboxylic acids is 1. The highest BCUT2D eigenvalue weighted by atomic mass is 16.5. The summed E-state index contributed by atoms with van der Waals surface area (Å²) in [5, 5.41) is 12.2. The minimum absolute atomic E-state index is 0.0472. The Morgan fingerprint density at radius 1 is 1.17 bits per heavy atom. The molecule has 0 radical (unpaired) electrons. The van der Waals surface area contributed by atoms with Crippen LogP contribution in [0.5, 0.6) is 0 Å². The molecule has 0 spiro atoms. The largest absolute Gasteiger partial charge is 0.480 e. The number of carbonyl (C=O) groups excluding carboxylic acids is 1. The van der Waals surface area contributed by atoms with E-state index < -0.39 is 11.5 Å². The van der Waals surface area contributed by atoms with E-state index in [0.717, 1.165) is 12.8 Å². The molecule has 3 rings (SSSR count).